The molecular formula is C17H15N3O3S3. The van der Waals surface area contributed by atoms with E-state index in [9.17, 15) is 13.2 Å². The van der Waals surface area contributed by atoms with Crippen LogP contribution in [0.25, 0.3) is 0 Å². The number of carbonyl (C=O) groups excluding carboxylic acids is 1. The molecule has 3 rings (SSSR count). The molecule has 0 aliphatic heterocycles. The maximum Gasteiger partial charge on any atom is 0.263 e. The number of rotatable bonds is 7. The van der Waals surface area contributed by atoms with E-state index in [1.807, 2.05) is 30.3 Å². The van der Waals surface area contributed by atoms with E-state index >= 15 is 0 Å². The van der Waals surface area contributed by atoms with Crippen molar-refractivity contribution in [3.8, 4) is 0 Å². The third kappa shape index (κ3) is 5.07. The zero-order valence-electron chi connectivity index (χ0n) is 13.5. The van der Waals surface area contributed by atoms with Crippen molar-refractivity contribution in [2.24, 2.45) is 0 Å². The SMILES string of the molecule is O=C(CSc1ccccc1)Nc1ccc(S(=O)(=O)Nc2nccs2)cc1. The van der Waals surface area contributed by atoms with Crippen LogP contribution < -0.4 is 10.0 Å². The second-order valence-corrected chi connectivity index (χ2v) is 8.74. The maximum absolute atomic E-state index is 12.3. The van der Waals surface area contributed by atoms with Crippen LogP contribution >= 0.6 is 23.1 Å². The second kappa shape index (κ2) is 8.35. The van der Waals surface area contributed by atoms with Gasteiger partial charge in [-0.05, 0) is 36.4 Å². The lowest BCUT2D eigenvalue weighted by Gasteiger charge is -2.08. The van der Waals surface area contributed by atoms with E-state index in [4.69, 9.17) is 0 Å². The van der Waals surface area contributed by atoms with Crippen LogP contribution in [0, 0.1) is 0 Å². The molecule has 2 aromatic carbocycles. The van der Waals surface area contributed by atoms with Crippen molar-refractivity contribution in [2.75, 3.05) is 15.8 Å². The Labute approximate surface area is 159 Å². The van der Waals surface area contributed by atoms with Gasteiger partial charge < -0.3 is 5.32 Å². The molecule has 0 saturated heterocycles. The summed E-state index contributed by atoms with van der Waals surface area (Å²) in [7, 11) is -3.69. The number of thioether (sulfide) groups is 1. The first kappa shape index (κ1) is 18.4. The Kier molecular flexibility index (Phi) is 5.92. The summed E-state index contributed by atoms with van der Waals surface area (Å²) in [6.07, 6.45) is 1.52. The molecule has 0 spiro atoms. The van der Waals surface area contributed by atoms with Gasteiger partial charge in [-0.3, -0.25) is 9.52 Å². The minimum Gasteiger partial charge on any atom is -0.325 e. The van der Waals surface area contributed by atoms with Gasteiger partial charge in [-0.25, -0.2) is 13.4 Å². The van der Waals surface area contributed by atoms with Crippen molar-refractivity contribution in [3.05, 3.63) is 66.2 Å². The number of sulfonamides is 1. The number of hydrogen-bond acceptors (Lipinski definition) is 6. The number of carbonyl (C=O) groups is 1. The molecule has 3 aromatic rings. The average molecular weight is 406 g/mol. The fraction of sp³-hybridized carbons (Fsp3) is 0.0588. The third-order valence-electron chi connectivity index (χ3n) is 3.22. The molecule has 1 heterocycles. The molecule has 0 radical (unpaired) electrons. The Morgan fingerprint density at radius 2 is 1.81 bits per heavy atom. The van der Waals surface area contributed by atoms with Crippen molar-refractivity contribution in [1.29, 1.82) is 0 Å². The van der Waals surface area contributed by atoms with Gasteiger partial charge in [0.2, 0.25) is 5.91 Å². The van der Waals surface area contributed by atoms with Crippen LogP contribution in [-0.2, 0) is 14.8 Å². The Balaban J connectivity index is 1.58. The normalized spacial score (nSPS) is 11.1. The van der Waals surface area contributed by atoms with Crippen LogP contribution in [0.1, 0.15) is 0 Å². The largest absolute Gasteiger partial charge is 0.325 e. The topological polar surface area (TPSA) is 88.2 Å². The summed E-state index contributed by atoms with van der Waals surface area (Å²) in [5.74, 6) is 0.116. The molecule has 6 nitrogen and oxygen atoms in total. The summed E-state index contributed by atoms with van der Waals surface area (Å²) in [6, 6.07) is 15.6. The van der Waals surface area contributed by atoms with Crippen molar-refractivity contribution in [3.63, 3.8) is 0 Å². The van der Waals surface area contributed by atoms with Crippen LogP contribution in [-0.4, -0.2) is 25.1 Å². The van der Waals surface area contributed by atoms with Gasteiger partial charge in [0.1, 0.15) is 0 Å². The highest BCUT2D eigenvalue weighted by molar-refractivity contribution is 8.00. The molecule has 0 bridgehead atoms. The third-order valence-corrected chi connectivity index (χ3v) is 6.40. The molecule has 0 unspecified atom stereocenters. The van der Waals surface area contributed by atoms with Gasteiger partial charge in [-0.2, -0.15) is 0 Å². The Hall–Kier alpha value is -2.36. The standard InChI is InChI=1S/C17H15N3O3S3/c21-16(12-25-14-4-2-1-3-5-14)19-13-6-8-15(9-7-13)26(22,23)20-17-18-10-11-24-17/h1-11H,12H2,(H,18,20)(H,19,21). The molecule has 26 heavy (non-hydrogen) atoms. The van der Waals surface area contributed by atoms with Gasteiger partial charge in [-0.15, -0.1) is 23.1 Å². The van der Waals surface area contributed by atoms with Gasteiger partial charge in [0.25, 0.3) is 10.0 Å². The van der Waals surface area contributed by atoms with E-state index in [0.29, 0.717) is 10.8 Å². The highest BCUT2D eigenvalue weighted by atomic mass is 32.2. The van der Waals surface area contributed by atoms with Crippen molar-refractivity contribution >= 4 is 49.8 Å². The van der Waals surface area contributed by atoms with Gasteiger partial charge in [0, 0.05) is 22.2 Å². The molecule has 0 atom stereocenters. The zero-order chi connectivity index (χ0) is 18.4. The van der Waals surface area contributed by atoms with Crippen LogP contribution in [0.4, 0.5) is 10.8 Å². The van der Waals surface area contributed by atoms with Gasteiger partial charge in [0.05, 0.1) is 10.6 Å². The maximum atomic E-state index is 12.3. The van der Waals surface area contributed by atoms with Crippen LogP contribution in [0.3, 0.4) is 0 Å². The lowest BCUT2D eigenvalue weighted by Crippen LogP contribution is -2.15. The number of nitrogens with one attached hydrogen (secondary N) is 2. The molecule has 9 heteroatoms. The van der Waals surface area contributed by atoms with Crippen molar-refractivity contribution in [1.82, 2.24) is 4.98 Å². The van der Waals surface area contributed by atoms with E-state index < -0.39 is 10.0 Å². The number of amides is 1. The van der Waals surface area contributed by atoms with E-state index in [-0.39, 0.29) is 16.6 Å². The lowest BCUT2D eigenvalue weighted by atomic mass is 10.3. The Morgan fingerprint density at radius 1 is 1.08 bits per heavy atom. The Bertz CT molecular complexity index is 958. The lowest BCUT2D eigenvalue weighted by molar-refractivity contribution is -0.113. The quantitative estimate of drug-likeness (QED) is 0.586. The molecule has 0 fully saturated rings. The summed E-state index contributed by atoms with van der Waals surface area (Å²) < 4.78 is 26.9. The summed E-state index contributed by atoms with van der Waals surface area (Å²) >= 11 is 2.63. The highest BCUT2D eigenvalue weighted by Crippen LogP contribution is 2.20. The van der Waals surface area contributed by atoms with Crippen LogP contribution in [0.2, 0.25) is 0 Å². The molecule has 134 valence electrons. The molecule has 0 aliphatic rings. The van der Waals surface area contributed by atoms with E-state index in [2.05, 4.69) is 15.0 Å². The number of nitrogens with zero attached hydrogens (tertiary/aromatic N) is 1. The monoisotopic (exact) mass is 405 g/mol. The first-order valence-corrected chi connectivity index (χ1v) is 10.9. The fourth-order valence-corrected chi connectivity index (χ4v) is 4.54. The average Bonchev–Trinajstić information content (AvgIpc) is 3.14. The summed E-state index contributed by atoms with van der Waals surface area (Å²) in [4.78, 5) is 17.0. The predicted octanol–water partition coefficient (Wildman–Crippen LogP) is 3.67. The molecule has 2 N–H and O–H groups in total. The number of hydrogen-bond donors (Lipinski definition) is 2. The Morgan fingerprint density at radius 3 is 2.46 bits per heavy atom. The first-order chi connectivity index (χ1) is 12.5. The molecule has 0 aliphatic carbocycles. The predicted molar refractivity (Wildman–Crippen MR) is 105 cm³/mol. The molecular weight excluding hydrogens is 390 g/mol. The van der Waals surface area contributed by atoms with Crippen molar-refractivity contribution < 1.29 is 13.2 Å². The minimum atomic E-state index is -3.69. The first-order valence-electron chi connectivity index (χ1n) is 7.53. The van der Waals surface area contributed by atoms with Gasteiger partial charge >= 0.3 is 0 Å². The highest BCUT2D eigenvalue weighted by Gasteiger charge is 2.15. The smallest absolute Gasteiger partial charge is 0.263 e. The molecule has 0 saturated carbocycles. The minimum absolute atomic E-state index is 0.101. The van der Waals surface area contributed by atoms with Gasteiger partial charge in [0.15, 0.2) is 5.13 Å². The summed E-state index contributed by atoms with van der Waals surface area (Å²) in [5.41, 5.74) is 0.539. The zero-order valence-corrected chi connectivity index (χ0v) is 15.9. The molecule has 1 aromatic heterocycles. The summed E-state index contributed by atoms with van der Waals surface area (Å²) in [5, 5.41) is 4.74. The van der Waals surface area contributed by atoms with Crippen LogP contribution in [0.5, 0.6) is 0 Å². The second-order valence-electron chi connectivity index (χ2n) is 5.12. The number of anilines is 2. The molecule has 1 amide bonds. The van der Waals surface area contributed by atoms with Crippen molar-refractivity contribution in [2.45, 2.75) is 9.79 Å². The van der Waals surface area contributed by atoms with E-state index in [1.165, 1.54) is 41.4 Å². The van der Waals surface area contributed by atoms with Crippen LogP contribution in [0.15, 0.2) is 76.0 Å². The fourth-order valence-electron chi connectivity index (χ4n) is 2.03. The number of thiazole rings is 1. The van der Waals surface area contributed by atoms with E-state index in [0.717, 1.165) is 4.90 Å². The number of aromatic nitrogens is 1. The number of benzene rings is 2. The van der Waals surface area contributed by atoms with E-state index in [1.54, 1.807) is 17.5 Å². The van der Waals surface area contributed by atoms with Gasteiger partial charge in [-0.1, -0.05) is 18.2 Å². The summed E-state index contributed by atoms with van der Waals surface area (Å²) in [6.45, 7) is 0.